The van der Waals surface area contributed by atoms with E-state index >= 15 is 0 Å². The number of hydrogen-bond acceptors (Lipinski definition) is 1. The summed E-state index contributed by atoms with van der Waals surface area (Å²) in [7, 11) is 0. The summed E-state index contributed by atoms with van der Waals surface area (Å²) in [6.45, 7) is 0. The Morgan fingerprint density at radius 1 is 0.308 bits per heavy atom. The predicted molar refractivity (Wildman–Crippen MR) is 220 cm³/mol. The summed E-state index contributed by atoms with van der Waals surface area (Å²) in [6.07, 6.45) is 0. The van der Waals surface area contributed by atoms with E-state index in [0.717, 1.165) is 17.1 Å². The smallest absolute Gasteiger partial charge is 0.0541 e. The molecule has 1 heterocycles. The number of anilines is 3. The number of benzene rings is 9. The maximum absolute atomic E-state index is 2.40. The van der Waals surface area contributed by atoms with Gasteiger partial charge in [-0.15, -0.1) is 0 Å². The lowest BCUT2D eigenvalue weighted by atomic mass is 9.78. The van der Waals surface area contributed by atoms with Gasteiger partial charge in [0.25, 0.3) is 0 Å². The summed E-state index contributed by atoms with van der Waals surface area (Å²) >= 11 is 0. The van der Waals surface area contributed by atoms with Crippen LogP contribution >= 0.6 is 0 Å². The molecule has 0 aliphatic heterocycles. The van der Waals surface area contributed by atoms with Gasteiger partial charge in [0.2, 0.25) is 0 Å². The summed E-state index contributed by atoms with van der Waals surface area (Å²) in [6, 6.07) is 70.9. The molecule has 0 saturated heterocycles. The van der Waals surface area contributed by atoms with Crippen LogP contribution in [0.4, 0.5) is 17.1 Å². The monoisotopic (exact) mass is 660 g/mol. The minimum atomic E-state index is 1.13. The molecular weight excluding hydrogens is 629 g/mol. The number of para-hydroxylation sites is 3. The van der Waals surface area contributed by atoms with Crippen molar-refractivity contribution in [2.24, 2.45) is 0 Å². The van der Waals surface area contributed by atoms with Crippen LogP contribution in [-0.4, -0.2) is 4.57 Å². The second kappa shape index (κ2) is 11.3. The van der Waals surface area contributed by atoms with Crippen LogP contribution in [-0.2, 0) is 0 Å². The van der Waals surface area contributed by atoms with E-state index in [2.05, 4.69) is 204 Å². The Morgan fingerprint density at radius 3 is 1.48 bits per heavy atom. The fourth-order valence-corrected chi connectivity index (χ4v) is 8.36. The van der Waals surface area contributed by atoms with Gasteiger partial charge in [0, 0.05) is 33.5 Å². The summed E-state index contributed by atoms with van der Waals surface area (Å²) in [5.74, 6) is 0. The van der Waals surface area contributed by atoms with E-state index in [0.29, 0.717) is 0 Å². The van der Waals surface area contributed by atoms with Crippen LogP contribution in [0.2, 0.25) is 0 Å². The van der Waals surface area contributed by atoms with Crippen molar-refractivity contribution >= 4 is 60.4 Å². The zero-order valence-electron chi connectivity index (χ0n) is 28.4. The molecule has 9 aromatic carbocycles. The highest BCUT2D eigenvalue weighted by Crippen LogP contribution is 2.51. The molecule has 0 bridgehead atoms. The Bertz CT molecular complexity index is 2960. The van der Waals surface area contributed by atoms with Crippen molar-refractivity contribution in [1.29, 1.82) is 0 Å². The average Bonchev–Trinajstić information content (AvgIpc) is 3.55. The van der Waals surface area contributed by atoms with Crippen LogP contribution in [0.25, 0.3) is 82.4 Å². The number of nitrogens with zero attached hydrogens (tertiary/aromatic N) is 2. The maximum Gasteiger partial charge on any atom is 0.0541 e. The van der Waals surface area contributed by atoms with Crippen molar-refractivity contribution in [2.75, 3.05) is 4.90 Å². The number of hydrogen-bond donors (Lipinski definition) is 0. The van der Waals surface area contributed by atoms with Crippen molar-refractivity contribution in [3.05, 3.63) is 194 Å². The first-order chi connectivity index (χ1) is 25.8. The van der Waals surface area contributed by atoms with Gasteiger partial charge in [-0.05, 0) is 140 Å². The second-order valence-corrected chi connectivity index (χ2v) is 13.8. The largest absolute Gasteiger partial charge is 0.310 e. The molecule has 10 aromatic rings. The SMILES string of the molecule is c1ccc(-c2cccc(N(c3ccccc3)c3ccc4cc5c(cc4c3)-c3cc4cc(-n6c7ccccc7c7ccccc76)ccc4cc3-5)c2)cc1. The van der Waals surface area contributed by atoms with Gasteiger partial charge in [-0.25, -0.2) is 0 Å². The van der Waals surface area contributed by atoms with Crippen LogP contribution in [0.3, 0.4) is 0 Å². The van der Waals surface area contributed by atoms with Gasteiger partial charge >= 0.3 is 0 Å². The highest BCUT2D eigenvalue weighted by atomic mass is 15.1. The van der Waals surface area contributed by atoms with Crippen LogP contribution in [0.15, 0.2) is 194 Å². The quantitative estimate of drug-likeness (QED) is 0.178. The molecular formula is C50H32N2. The number of aromatic nitrogens is 1. The third kappa shape index (κ3) is 4.44. The molecule has 52 heavy (non-hydrogen) atoms. The lowest BCUT2D eigenvalue weighted by molar-refractivity contribution is 1.19. The normalized spacial score (nSPS) is 11.8. The molecule has 1 aliphatic rings. The first-order valence-corrected chi connectivity index (χ1v) is 17.9. The molecule has 1 aliphatic carbocycles. The van der Waals surface area contributed by atoms with E-state index < -0.39 is 0 Å². The third-order valence-electron chi connectivity index (χ3n) is 10.8. The molecule has 0 N–H and O–H groups in total. The minimum Gasteiger partial charge on any atom is -0.310 e. The highest BCUT2D eigenvalue weighted by Gasteiger charge is 2.24. The van der Waals surface area contributed by atoms with Crippen molar-refractivity contribution < 1.29 is 0 Å². The van der Waals surface area contributed by atoms with Crippen molar-refractivity contribution in [3.8, 4) is 39.1 Å². The third-order valence-corrected chi connectivity index (χ3v) is 10.8. The van der Waals surface area contributed by atoms with Crippen LogP contribution in [0, 0.1) is 0 Å². The molecule has 11 rings (SSSR count). The Hall–Kier alpha value is -6.90. The average molecular weight is 661 g/mol. The molecule has 0 radical (unpaired) electrons. The van der Waals surface area contributed by atoms with Crippen molar-refractivity contribution in [1.82, 2.24) is 4.57 Å². The van der Waals surface area contributed by atoms with Crippen molar-refractivity contribution in [3.63, 3.8) is 0 Å². The first kappa shape index (κ1) is 28.9. The molecule has 0 amide bonds. The molecule has 0 spiro atoms. The molecule has 0 atom stereocenters. The van der Waals surface area contributed by atoms with Crippen molar-refractivity contribution in [2.45, 2.75) is 0 Å². The fourth-order valence-electron chi connectivity index (χ4n) is 8.36. The van der Waals surface area contributed by atoms with E-state index in [1.807, 2.05) is 0 Å². The highest BCUT2D eigenvalue weighted by molar-refractivity contribution is 6.13. The van der Waals surface area contributed by atoms with Crippen LogP contribution < -0.4 is 4.90 Å². The lowest BCUT2D eigenvalue weighted by Gasteiger charge is -2.28. The lowest BCUT2D eigenvalue weighted by Crippen LogP contribution is -2.10. The standard InChI is InChI=1S/C50H32N2/c1-3-12-33(13-4-1)34-14-11-17-40(26-34)51(39-15-5-2-6-16-39)41-24-22-35-29-45-46-30-36-23-25-42(28-38(36)32-48(46)47(45)31-37(35)27-41)52-49-20-9-7-18-43(49)44-19-8-10-21-50(44)52/h1-32H. The predicted octanol–water partition coefficient (Wildman–Crippen LogP) is 13.9. The molecule has 242 valence electrons. The van der Waals surface area contributed by atoms with Gasteiger partial charge in [0.15, 0.2) is 0 Å². The maximum atomic E-state index is 2.40. The Morgan fingerprint density at radius 2 is 0.808 bits per heavy atom. The van der Waals surface area contributed by atoms with Crippen LogP contribution in [0.1, 0.15) is 0 Å². The Kier molecular flexibility index (Phi) is 6.28. The summed E-state index contributed by atoms with van der Waals surface area (Å²) in [5.41, 5.74) is 14.8. The van der Waals surface area contributed by atoms with E-state index in [1.165, 1.54) is 82.4 Å². The molecule has 0 fully saturated rings. The fraction of sp³-hybridized carbons (Fsp3) is 0. The van der Waals surface area contributed by atoms with Gasteiger partial charge in [-0.3, -0.25) is 0 Å². The summed E-state index contributed by atoms with van der Waals surface area (Å²) in [4.78, 5) is 2.36. The molecule has 2 nitrogen and oxygen atoms in total. The van der Waals surface area contributed by atoms with Gasteiger partial charge in [-0.1, -0.05) is 109 Å². The molecule has 1 aromatic heterocycles. The van der Waals surface area contributed by atoms with E-state index in [-0.39, 0.29) is 0 Å². The summed E-state index contributed by atoms with van der Waals surface area (Å²) < 4.78 is 2.40. The van der Waals surface area contributed by atoms with Gasteiger partial charge in [0.05, 0.1) is 11.0 Å². The van der Waals surface area contributed by atoms with Gasteiger partial charge in [0.1, 0.15) is 0 Å². The molecule has 0 saturated carbocycles. The zero-order valence-corrected chi connectivity index (χ0v) is 28.4. The molecule has 0 unspecified atom stereocenters. The minimum absolute atomic E-state index is 1.13. The summed E-state index contributed by atoms with van der Waals surface area (Å²) in [5, 5.41) is 7.57. The second-order valence-electron chi connectivity index (χ2n) is 13.8. The topological polar surface area (TPSA) is 8.17 Å². The Balaban J connectivity index is 1.01. The number of fused-ring (bicyclic) bond motifs is 9. The zero-order chi connectivity index (χ0) is 34.2. The van der Waals surface area contributed by atoms with E-state index in [1.54, 1.807) is 0 Å². The van der Waals surface area contributed by atoms with Gasteiger partial charge < -0.3 is 9.47 Å². The first-order valence-electron chi connectivity index (χ1n) is 17.9. The van der Waals surface area contributed by atoms with Crippen LogP contribution in [0.5, 0.6) is 0 Å². The molecule has 2 heteroatoms. The number of rotatable bonds is 5. The van der Waals surface area contributed by atoms with E-state index in [4.69, 9.17) is 0 Å². The van der Waals surface area contributed by atoms with Gasteiger partial charge in [-0.2, -0.15) is 0 Å². The van der Waals surface area contributed by atoms with E-state index in [9.17, 15) is 0 Å². The Labute approximate surface area is 302 Å².